The molecule has 1 aromatic heterocycles. The largest absolute Gasteiger partial charge is 0.362 e. The lowest BCUT2D eigenvalue weighted by Gasteiger charge is -2.35. The monoisotopic (exact) mass is 366 g/mol. The van der Waals surface area contributed by atoms with Gasteiger partial charge in [0.1, 0.15) is 0 Å². The zero-order valence-corrected chi connectivity index (χ0v) is 14.7. The van der Waals surface area contributed by atoms with E-state index in [9.17, 15) is 13.6 Å². The number of urea groups is 1. The molecule has 0 bridgehead atoms. The Morgan fingerprint density at radius 1 is 1.35 bits per heavy atom. The van der Waals surface area contributed by atoms with E-state index < -0.39 is 18.1 Å². The minimum Gasteiger partial charge on any atom is -0.362 e. The minimum absolute atomic E-state index is 0.0781. The lowest BCUT2D eigenvalue weighted by Crippen LogP contribution is -2.47. The molecule has 1 aromatic carbocycles. The summed E-state index contributed by atoms with van der Waals surface area (Å²) in [5.74, 6) is -2.31. The number of nitrogens with zero attached hydrogens (tertiary/aromatic N) is 3. The predicted molar refractivity (Wildman–Crippen MR) is 88.9 cm³/mol. The second-order valence-corrected chi connectivity index (χ2v) is 6.38. The number of hydrogen-bond acceptors (Lipinski definition) is 5. The van der Waals surface area contributed by atoms with Gasteiger partial charge in [-0.25, -0.2) is 13.6 Å². The summed E-state index contributed by atoms with van der Waals surface area (Å²) in [4.78, 5) is 18.2. The number of rotatable bonds is 3. The highest BCUT2D eigenvalue weighted by Gasteiger charge is 2.34. The Morgan fingerprint density at radius 2 is 2.08 bits per heavy atom. The van der Waals surface area contributed by atoms with E-state index in [0.29, 0.717) is 12.4 Å². The second kappa shape index (κ2) is 6.99. The average molecular weight is 366 g/mol. The Labute approximate surface area is 149 Å². The van der Waals surface area contributed by atoms with Gasteiger partial charge in [0.25, 0.3) is 11.8 Å². The summed E-state index contributed by atoms with van der Waals surface area (Å²) in [6, 6.07) is 5.36. The van der Waals surface area contributed by atoms with Crippen LogP contribution in [0.4, 0.5) is 19.3 Å². The third kappa shape index (κ3) is 3.98. The number of aryl methyl sites for hydroxylation is 1. The van der Waals surface area contributed by atoms with Crippen LogP contribution >= 0.6 is 0 Å². The lowest BCUT2D eigenvalue weighted by atomic mass is 10.1. The van der Waals surface area contributed by atoms with Crippen molar-refractivity contribution in [3.05, 3.63) is 41.5 Å². The van der Waals surface area contributed by atoms with Crippen molar-refractivity contribution in [1.82, 2.24) is 15.0 Å². The standard InChI is InChI=1S/C17H20F2N4O3/c1-10-8-23(9-14(25-10)15-20-11(2)22-26-15)16(24)21-13-7-5-4-6-12(13)17(3,18)19/h4-7,10,14H,8-9H2,1-3H3,(H,21,24)/t10-,14-/m1/s1. The van der Waals surface area contributed by atoms with E-state index in [2.05, 4.69) is 15.5 Å². The third-order valence-electron chi connectivity index (χ3n) is 4.01. The van der Waals surface area contributed by atoms with Crippen LogP contribution in [0.15, 0.2) is 28.8 Å². The smallest absolute Gasteiger partial charge is 0.322 e. The average Bonchev–Trinajstić information content (AvgIpc) is 3.00. The van der Waals surface area contributed by atoms with E-state index in [0.717, 1.165) is 6.92 Å². The van der Waals surface area contributed by atoms with Crippen LogP contribution in [0.5, 0.6) is 0 Å². The molecule has 2 atom stereocenters. The maximum absolute atomic E-state index is 13.7. The highest BCUT2D eigenvalue weighted by atomic mass is 19.3. The van der Waals surface area contributed by atoms with E-state index in [1.807, 2.05) is 6.92 Å². The molecule has 0 aliphatic carbocycles. The minimum atomic E-state index is -3.06. The number of carbonyl (C=O) groups excluding carboxylic acids is 1. The molecule has 26 heavy (non-hydrogen) atoms. The molecule has 0 unspecified atom stereocenters. The summed E-state index contributed by atoms with van der Waals surface area (Å²) in [6.07, 6.45) is -0.830. The van der Waals surface area contributed by atoms with Gasteiger partial charge in [-0.05, 0) is 19.9 Å². The van der Waals surface area contributed by atoms with Crippen LogP contribution in [-0.2, 0) is 10.7 Å². The fraction of sp³-hybridized carbons (Fsp3) is 0.471. The molecule has 140 valence electrons. The molecule has 0 radical (unpaired) electrons. The van der Waals surface area contributed by atoms with Gasteiger partial charge in [0.05, 0.1) is 18.3 Å². The lowest BCUT2D eigenvalue weighted by molar-refractivity contribution is -0.0769. The molecule has 9 heteroatoms. The fourth-order valence-corrected chi connectivity index (χ4v) is 2.87. The van der Waals surface area contributed by atoms with Gasteiger partial charge in [0, 0.05) is 19.0 Å². The Hall–Kier alpha value is -2.55. The maximum atomic E-state index is 13.7. The molecule has 0 saturated carbocycles. The van der Waals surface area contributed by atoms with Crippen molar-refractivity contribution in [3.8, 4) is 0 Å². The van der Waals surface area contributed by atoms with Crippen LogP contribution < -0.4 is 5.32 Å². The molecule has 1 N–H and O–H groups in total. The van der Waals surface area contributed by atoms with Gasteiger partial charge in [0.2, 0.25) is 0 Å². The Morgan fingerprint density at radius 3 is 2.73 bits per heavy atom. The van der Waals surface area contributed by atoms with Gasteiger partial charge in [-0.3, -0.25) is 0 Å². The van der Waals surface area contributed by atoms with Crippen LogP contribution in [0, 0.1) is 6.92 Å². The van der Waals surface area contributed by atoms with Crippen LogP contribution in [-0.4, -0.2) is 40.3 Å². The number of anilines is 1. The quantitative estimate of drug-likeness (QED) is 0.899. The van der Waals surface area contributed by atoms with Crippen LogP contribution in [0.25, 0.3) is 0 Å². The van der Waals surface area contributed by atoms with Crippen LogP contribution in [0.3, 0.4) is 0 Å². The molecular weight excluding hydrogens is 346 g/mol. The normalized spacial score (nSPS) is 20.9. The van der Waals surface area contributed by atoms with Crippen molar-refractivity contribution in [1.29, 1.82) is 0 Å². The van der Waals surface area contributed by atoms with E-state index in [1.54, 1.807) is 13.0 Å². The number of amides is 2. The molecule has 1 aliphatic heterocycles. The topological polar surface area (TPSA) is 80.5 Å². The summed E-state index contributed by atoms with van der Waals surface area (Å²) in [5.41, 5.74) is -0.159. The van der Waals surface area contributed by atoms with Gasteiger partial charge < -0.3 is 19.5 Å². The first kappa shape index (κ1) is 18.2. The Kier molecular flexibility index (Phi) is 4.90. The first-order valence-electron chi connectivity index (χ1n) is 8.23. The number of ether oxygens (including phenoxy) is 1. The van der Waals surface area contributed by atoms with Gasteiger partial charge >= 0.3 is 6.03 Å². The molecule has 1 saturated heterocycles. The number of aromatic nitrogens is 2. The maximum Gasteiger partial charge on any atom is 0.322 e. The van der Waals surface area contributed by atoms with Crippen LogP contribution in [0.1, 0.15) is 37.2 Å². The number of carbonyl (C=O) groups is 1. The van der Waals surface area contributed by atoms with E-state index in [-0.39, 0.29) is 29.8 Å². The van der Waals surface area contributed by atoms with Crippen molar-refractivity contribution >= 4 is 11.7 Å². The summed E-state index contributed by atoms with van der Waals surface area (Å²) >= 11 is 0. The van der Waals surface area contributed by atoms with Gasteiger partial charge in [-0.2, -0.15) is 4.98 Å². The molecule has 2 heterocycles. The van der Waals surface area contributed by atoms with Gasteiger partial charge in [-0.15, -0.1) is 0 Å². The summed E-state index contributed by atoms with van der Waals surface area (Å²) in [7, 11) is 0. The number of benzene rings is 1. The van der Waals surface area contributed by atoms with Crippen molar-refractivity contribution < 1.29 is 22.8 Å². The first-order chi connectivity index (χ1) is 12.2. The fourth-order valence-electron chi connectivity index (χ4n) is 2.87. The van der Waals surface area contributed by atoms with E-state index >= 15 is 0 Å². The summed E-state index contributed by atoms with van der Waals surface area (Å²) in [5, 5.41) is 6.29. The highest BCUT2D eigenvalue weighted by Crippen LogP contribution is 2.33. The van der Waals surface area contributed by atoms with Crippen LogP contribution in [0.2, 0.25) is 0 Å². The number of alkyl halides is 2. The number of nitrogens with one attached hydrogen (secondary N) is 1. The summed E-state index contributed by atoms with van der Waals surface area (Å²) < 4.78 is 38.4. The molecule has 2 amide bonds. The van der Waals surface area contributed by atoms with Crippen molar-refractivity contribution in [2.45, 2.75) is 38.9 Å². The van der Waals surface area contributed by atoms with Gasteiger partial charge in [-0.1, -0.05) is 23.4 Å². The molecule has 3 rings (SSSR count). The first-order valence-corrected chi connectivity index (χ1v) is 8.23. The molecular formula is C17H20F2N4O3. The van der Waals surface area contributed by atoms with Crippen molar-refractivity contribution in [2.75, 3.05) is 18.4 Å². The summed E-state index contributed by atoms with van der Waals surface area (Å²) in [6.45, 7) is 4.79. The second-order valence-electron chi connectivity index (χ2n) is 6.38. The number of hydrogen-bond donors (Lipinski definition) is 1. The Bertz CT molecular complexity index is 790. The molecule has 0 spiro atoms. The highest BCUT2D eigenvalue weighted by molar-refractivity contribution is 5.90. The SMILES string of the molecule is Cc1noc([C@H]2CN(C(=O)Nc3ccccc3C(C)(F)F)C[C@@H](C)O2)n1. The number of para-hydroxylation sites is 1. The number of halogens is 2. The van der Waals surface area contributed by atoms with E-state index in [1.165, 1.54) is 23.1 Å². The predicted octanol–water partition coefficient (Wildman–Crippen LogP) is 3.48. The molecule has 1 fully saturated rings. The molecule has 2 aromatic rings. The Balaban J connectivity index is 1.75. The van der Waals surface area contributed by atoms with Gasteiger partial charge in [0.15, 0.2) is 11.9 Å². The molecule has 1 aliphatic rings. The van der Waals surface area contributed by atoms with Crippen molar-refractivity contribution in [3.63, 3.8) is 0 Å². The third-order valence-corrected chi connectivity index (χ3v) is 4.01. The zero-order valence-electron chi connectivity index (χ0n) is 14.7. The van der Waals surface area contributed by atoms with Crippen molar-refractivity contribution in [2.24, 2.45) is 0 Å². The molecule has 7 nitrogen and oxygen atoms in total. The number of morpholine rings is 1. The zero-order chi connectivity index (χ0) is 18.9. The van der Waals surface area contributed by atoms with E-state index in [4.69, 9.17) is 9.26 Å².